The lowest BCUT2D eigenvalue weighted by Gasteiger charge is -2.39. The molecule has 1 aliphatic rings. The molecule has 1 rings (SSSR count). The van der Waals surface area contributed by atoms with Crippen molar-refractivity contribution >= 4 is 13.7 Å². The zero-order valence-corrected chi connectivity index (χ0v) is 14.0. The Morgan fingerprint density at radius 2 is 1.89 bits per heavy atom. The second-order valence-corrected chi connectivity index (χ2v) is 9.03. The summed E-state index contributed by atoms with van der Waals surface area (Å²) in [5.41, 5.74) is -0.00985. The van der Waals surface area contributed by atoms with Gasteiger partial charge in [-0.25, -0.2) is 14.1 Å². The average molecular weight is 273 g/mol. The first-order valence-electron chi connectivity index (χ1n) is 6.95. The number of nitrogens with zero attached hydrogens (tertiary/aromatic N) is 4. The standard InChI is InChI=1S/C13H30N4P/c1-8-17(9-2)18(14-13(3,4)5)15(6)11-10-12-16(18)7/h11H,8-10,12H2,1-7H3/q+1. The third-order valence-corrected chi connectivity index (χ3v) is 7.59. The van der Waals surface area contributed by atoms with Gasteiger partial charge < -0.3 is 0 Å². The molecule has 0 aliphatic carbocycles. The largest absolute Gasteiger partial charge is 0.356 e. The van der Waals surface area contributed by atoms with Crippen molar-refractivity contribution in [2.24, 2.45) is 4.74 Å². The van der Waals surface area contributed by atoms with Crippen LogP contribution in [0.4, 0.5) is 0 Å². The van der Waals surface area contributed by atoms with E-state index in [-0.39, 0.29) is 5.54 Å². The molecule has 0 N–H and O–H groups in total. The highest BCUT2D eigenvalue weighted by Gasteiger charge is 2.43. The summed E-state index contributed by atoms with van der Waals surface area (Å²) in [7, 11) is 2.68. The van der Waals surface area contributed by atoms with Crippen molar-refractivity contribution in [3.63, 3.8) is 0 Å². The van der Waals surface area contributed by atoms with Gasteiger partial charge >= 0.3 is 7.51 Å². The van der Waals surface area contributed by atoms with E-state index in [1.54, 1.807) is 0 Å². The van der Waals surface area contributed by atoms with Gasteiger partial charge in [0.05, 0.1) is 5.54 Å². The van der Waals surface area contributed by atoms with Crippen molar-refractivity contribution in [2.45, 2.75) is 46.6 Å². The van der Waals surface area contributed by atoms with Crippen LogP contribution in [0, 0.1) is 0 Å². The van der Waals surface area contributed by atoms with Crippen LogP contribution in [0.3, 0.4) is 0 Å². The summed E-state index contributed by atoms with van der Waals surface area (Å²) in [6, 6.07) is 0. The summed E-state index contributed by atoms with van der Waals surface area (Å²) >= 11 is 0. The molecule has 1 unspecified atom stereocenters. The van der Waals surface area contributed by atoms with Crippen LogP contribution in [0.15, 0.2) is 4.74 Å². The van der Waals surface area contributed by atoms with E-state index in [0.29, 0.717) is 0 Å². The van der Waals surface area contributed by atoms with Gasteiger partial charge in [-0.3, -0.25) is 0 Å². The van der Waals surface area contributed by atoms with E-state index in [1.165, 1.54) is 0 Å². The lowest BCUT2D eigenvalue weighted by atomic mass is 10.1. The SMILES string of the molecule is CCN(CC)P1(=NC(C)(C)C)N(C)CCC=[N+]1C. The molecule has 1 aliphatic heterocycles. The summed E-state index contributed by atoms with van der Waals surface area (Å²) < 4.78 is 12.7. The molecule has 0 saturated carbocycles. The van der Waals surface area contributed by atoms with Crippen LogP contribution in [0.2, 0.25) is 0 Å². The monoisotopic (exact) mass is 273 g/mol. The van der Waals surface area contributed by atoms with Crippen molar-refractivity contribution in [3.8, 4) is 0 Å². The van der Waals surface area contributed by atoms with Gasteiger partial charge in [-0.1, -0.05) is 13.8 Å². The Hall–Kier alpha value is -0.180. The van der Waals surface area contributed by atoms with Crippen LogP contribution in [0.5, 0.6) is 0 Å². The molecular weight excluding hydrogens is 243 g/mol. The van der Waals surface area contributed by atoms with Crippen molar-refractivity contribution in [2.75, 3.05) is 33.7 Å². The number of rotatable bonds is 3. The molecule has 1 atom stereocenters. The minimum absolute atomic E-state index is 0.00985. The van der Waals surface area contributed by atoms with E-state index in [4.69, 9.17) is 4.74 Å². The minimum atomic E-state index is -1.73. The molecule has 0 radical (unpaired) electrons. The van der Waals surface area contributed by atoms with Gasteiger partial charge in [0.25, 0.3) is 0 Å². The molecule has 0 aromatic carbocycles. The predicted molar refractivity (Wildman–Crippen MR) is 81.5 cm³/mol. The molecule has 106 valence electrons. The Morgan fingerprint density at radius 1 is 1.33 bits per heavy atom. The second-order valence-electron chi connectivity index (χ2n) is 5.87. The highest BCUT2D eigenvalue weighted by atomic mass is 31.2. The summed E-state index contributed by atoms with van der Waals surface area (Å²) in [6.07, 6.45) is 3.44. The van der Waals surface area contributed by atoms with Crippen LogP contribution in [0.25, 0.3) is 0 Å². The van der Waals surface area contributed by atoms with Crippen molar-refractivity contribution < 1.29 is 4.35 Å². The fourth-order valence-electron chi connectivity index (χ4n) is 2.55. The van der Waals surface area contributed by atoms with Crippen LogP contribution >= 0.6 is 7.51 Å². The average Bonchev–Trinajstić information content (AvgIpc) is 2.25. The molecule has 1 heterocycles. The van der Waals surface area contributed by atoms with Gasteiger partial charge in [0, 0.05) is 26.1 Å². The Balaban J connectivity index is 3.46. The molecule has 4 nitrogen and oxygen atoms in total. The smallest absolute Gasteiger partial charge is 0.210 e. The Morgan fingerprint density at radius 3 is 2.28 bits per heavy atom. The zero-order chi connectivity index (χ0) is 14.0. The Labute approximate surface area is 113 Å². The molecule has 0 bridgehead atoms. The third-order valence-electron chi connectivity index (χ3n) is 3.27. The van der Waals surface area contributed by atoms with Gasteiger partial charge in [-0.05, 0) is 27.8 Å². The van der Waals surface area contributed by atoms with E-state index >= 15 is 0 Å². The van der Waals surface area contributed by atoms with E-state index in [0.717, 1.165) is 26.1 Å². The Kier molecular flexibility index (Phi) is 5.16. The lowest BCUT2D eigenvalue weighted by Crippen LogP contribution is -2.39. The van der Waals surface area contributed by atoms with Crippen LogP contribution in [-0.4, -0.2) is 59.2 Å². The van der Waals surface area contributed by atoms with Gasteiger partial charge in [0.15, 0.2) is 0 Å². The van der Waals surface area contributed by atoms with Crippen molar-refractivity contribution in [1.29, 1.82) is 0 Å². The summed E-state index contributed by atoms with van der Waals surface area (Å²) in [5, 5.41) is 0. The first-order chi connectivity index (χ1) is 8.28. The van der Waals surface area contributed by atoms with Gasteiger partial charge in [0.2, 0.25) is 0 Å². The number of hydrogen-bond acceptors (Lipinski definition) is 1. The van der Waals surface area contributed by atoms with E-state index in [2.05, 4.69) is 68.6 Å². The predicted octanol–water partition coefficient (Wildman–Crippen LogP) is 3.12. The molecule has 18 heavy (non-hydrogen) atoms. The first kappa shape index (κ1) is 15.9. The van der Waals surface area contributed by atoms with E-state index in [1.807, 2.05) is 0 Å². The topological polar surface area (TPSA) is 21.9 Å². The molecule has 0 aromatic heterocycles. The van der Waals surface area contributed by atoms with E-state index in [9.17, 15) is 0 Å². The van der Waals surface area contributed by atoms with Crippen LogP contribution in [-0.2, 0) is 0 Å². The second kappa shape index (κ2) is 5.85. The normalized spacial score (nSPS) is 26.3. The van der Waals surface area contributed by atoms with Gasteiger partial charge in [0.1, 0.15) is 13.3 Å². The number of hydrogen-bond donors (Lipinski definition) is 0. The summed E-state index contributed by atoms with van der Waals surface area (Å²) in [4.78, 5) is 0. The maximum atomic E-state index is 5.26. The van der Waals surface area contributed by atoms with Crippen molar-refractivity contribution in [1.82, 2.24) is 9.34 Å². The molecular formula is C13H30N4P+. The molecule has 0 amide bonds. The first-order valence-corrected chi connectivity index (χ1v) is 8.55. The molecule has 0 aromatic rings. The fraction of sp³-hybridized carbons (Fsp3) is 0.923. The highest BCUT2D eigenvalue weighted by Crippen LogP contribution is 2.58. The molecule has 0 fully saturated rings. The Bertz CT molecular complexity index is 364. The van der Waals surface area contributed by atoms with Gasteiger partial charge in [-0.15, -0.1) is 0 Å². The van der Waals surface area contributed by atoms with E-state index < -0.39 is 7.51 Å². The van der Waals surface area contributed by atoms with Gasteiger partial charge in [-0.2, -0.15) is 4.35 Å². The maximum Gasteiger partial charge on any atom is 0.356 e. The highest BCUT2D eigenvalue weighted by molar-refractivity contribution is 7.55. The lowest BCUT2D eigenvalue weighted by molar-refractivity contribution is -0.343. The van der Waals surface area contributed by atoms with Crippen LogP contribution in [0.1, 0.15) is 41.0 Å². The van der Waals surface area contributed by atoms with Crippen LogP contribution < -0.4 is 0 Å². The minimum Gasteiger partial charge on any atom is -0.210 e. The summed E-state index contributed by atoms with van der Waals surface area (Å²) in [5.74, 6) is 0. The van der Waals surface area contributed by atoms with Crippen molar-refractivity contribution in [3.05, 3.63) is 0 Å². The fourth-order valence-corrected chi connectivity index (χ4v) is 6.56. The zero-order valence-electron chi connectivity index (χ0n) is 13.1. The molecule has 5 heteroatoms. The molecule has 0 saturated heterocycles. The third kappa shape index (κ3) is 3.04. The quantitative estimate of drug-likeness (QED) is 0.737. The maximum absolute atomic E-state index is 5.26. The molecule has 0 spiro atoms. The summed E-state index contributed by atoms with van der Waals surface area (Å²) in [6.45, 7) is 14.3.